The van der Waals surface area contributed by atoms with Crippen molar-refractivity contribution in [3.8, 4) is 17.4 Å². The van der Waals surface area contributed by atoms with E-state index >= 15 is 0 Å². The van der Waals surface area contributed by atoms with E-state index in [9.17, 15) is 10.2 Å². The van der Waals surface area contributed by atoms with Gasteiger partial charge in [0.05, 0.1) is 20.3 Å². The minimum atomic E-state index is -0.590. The van der Waals surface area contributed by atoms with Crippen LogP contribution >= 0.6 is 0 Å². The standard InChI is InChI=1S/C23H28N2O4/c1-28-20-8-7-16(13-21(20)29-2)19(26)14-25-11-9-15(10-12-25)22-17-5-3-4-6-18(17)24-23(22)27/h3-8,13,15,19,24,26-27H,9-12,14H2,1-2H3. The lowest BCUT2D eigenvalue weighted by atomic mass is 9.88. The summed E-state index contributed by atoms with van der Waals surface area (Å²) in [6, 6.07) is 13.6. The van der Waals surface area contributed by atoms with Gasteiger partial charge in [0.15, 0.2) is 17.4 Å². The van der Waals surface area contributed by atoms with Crippen molar-refractivity contribution >= 4 is 10.9 Å². The zero-order chi connectivity index (χ0) is 20.4. The SMILES string of the molecule is COc1ccc(C(O)CN2CCC(c3c(O)[nH]c4ccccc34)CC2)cc1OC. The molecule has 1 aliphatic heterocycles. The summed E-state index contributed by atoms with van der Waals surface area (Å²) in [6.45, 7) is 2.34. The molecule has 0 amide bonds. The number of aromatic hydroxyl groups is 1. The van der Waals surface area contributed by atoms with Gasteiger partial charge in [-0.2, -0.15) is 0 Å². The molecule has 3 aromatic rings. The summed E-state index contributed by atoms with van der Waals surface area (Å²) >= 11 is 0. The molecule has 1 aromatic heterocycles. The van der Waals surface area contributed by atoms with E-state index in [1.54, 1.807) is 14.2 Å². The van der Waals surface area contributed by atoms with Crippen LogP contribution in [0.15, 0.2) is 42.5 Å². The molecule has 4 rings (SSSR count). The van der Waals surface area contributed by atoms with Gasteiger partial charge in [0.1, 0.15) is 0 Å². The van der Waals surface area contributed by atoms with E-state index in [1.807, 2.05) is 36.4 Å². The number of aliphatic hydroxyl groups is 1. The number of H-pyrrole nitrogens is 1. The summed E-state index contributed by atoms with van der Waals surface area (Å²) in [7, 11) is 3.20. The highest BCUT2D eigenvalue weighted by molar-refractivity contribution is 5.86. The lowest BCUT2D eigenvalue weighted by Crippen LogP contribution is -2.36. The Labute approximate surface area is 170 Å². The number of aromatic amines is 1. The highest BCUT2D eigenvalue weighted by Crippen LogP contribution is 2.39. The van der Waals surface area contributed by atoms with Crippen LogP contribution in [0.1, 0.15) is 36.0 Å². The molecule has 0 radical (unpaired) electrons. The topological polar surface area (TPSA) is 78.0 Å². The first kappa shape index (κ1) is 19.6. The van der Waals surface area contributed by atoms with Gasteiger partial charge >= 0.3 is 0 Å². The van der Waals surface area contributed by atoms with Gasteiger partial charge in [-0.3, -0.25) is 0 Å². The van der Waals surface area contributed by atoms with Crippen LogP contribution in [0.25, 0.3) is 10.9 Å². The van der Waals surface area contributed by atoms with Crippen molar-refractivity contribution in [2.45, 2.75) is 24.9 Å². The number of ether oxygens (including phenoxy) is 2. The third-order valence-corrected chi connectivity index (χ3v) is 5.94. The Morgan fingerprint density at radius 1 is 1.07 bits per heavy atom. The van der Waals surface area contributed by atoms with Crippen molar-refractivity contribution < 1.29 is 19.7 Å². The van der Waals surface area contributed by atoms with Crippen molar-refractivity contribution in [2.75, 3.05) is 33.9 Å². The monoisotopic (exact) mass is 396 g/mol. The highest BCUT2D eigenvalue weighted by atomic mass is 16.5. The van der Waals surface area contributed by atoms with Crippen LogP contribution in [-0.2, 0) is 0 Å². The molecule has 1 atom stereocenters. The van der Waals surface area contributed by atoms with Crippen LogP contribution in [-0.4, -0.2) is 54.0 Å². The smallest absolute Gasteiger partial charge is 0.192 e. The second-order valence-electron chi connectivity index (χ2n) is 7.64. The molecular weight excluding hydrogens is 368 g/mol. The van der Waals surface area contributed by atoms with Crippen LogP contribution in [0, 0.1) is 0 Å². The summed E-state index contributed by atoms with van der Waals surface area (Å²) in [5.74, 6) is 1.89. The molecule has 0 bridgehead atoms. The summed E-state index contributed by atoms with van der Waals surface area (Å²) in [5.41, 5.74) is 2.83. The second kappa shape index (κ2) is 8.35. The number of para-hydroxylation sites is 1. The van der Waals surface area contributed by atoms with Gasteiger partial charge in [-0.15, -0.1) is 0 Å². The molecule has 0 saturated carbocycles. The van der Waals surface area contributed by atoms with Gasteiger partial charge < -0.3 is 29.6 Å². The van der Waals surface area contributed by atoms with Crippen molar-refractivity contribution in [1.29, 1.82) is 0 Å². The predicted octanol–water partition coefficient (Wildman–Crippen LogP) is 3.80. The minimum Gasteiger partial charge on any atom is -0.494 e. The second-order valence-corrected chi connectivity index (χ2v) is 7.64. The lowest BCUT2D eigenvalue weighted by molar-refractivity contribution is 0.0969. The molecular formula is C23H28N2O4. The van der Waals surface area contributed by atoms with Crippen molar-refractivity contribution in [3.05, 3.63) is 53.6 Å². The molecule has 29 heavy (non-hydrogen) atoms. The van der Waals surface area contributed by atoms with E-state index in [-0.39, 0.29) is 5.88 Å². The Morgan fingerprint density at radius 2 is 1.79 bits per heavy atom. The van der Waals surface area contributed by atoms with Crippen LogP contribution in [0.4, 0.5) is 0 Å². The molecule has 0 aliphatic carbocycles. The number of piperidine rings is 1. The van der Waals surface area contributed by atoms with Crippen molar-refractivity contribution in [3.63, 3.8) is 0 Å². The molecule has 0 spiro atoms. The Hall–Kier alpha value is -2.70. The maximum Gasteiger partial charge on any atom is 0.192 e. The Kier molecular flexibility index (Phi) is 5.65. The Morgan fingerprint density at radius 3 is 2.52 bits per heavy atom. The van der Waals surface area contributed by atoms with E-state index < -0.39 is 6.10 Å². The van der Waals surface area contributed by atoms with Crippen molar-refractivity contribution in [2.24, 2.45) is 0 Å². The van der Waals surface area contributed by atoms with Gasteiger partial charge in [-0.25, -0.2) is 0 Å². The Balaban J connectivity index is 1.40. The van der Waals surface area contributed by atoms with Gasteiger partial charge in [-0.05, 0) is 55.6 Å². The molecule has 6 nitrogen and oxygen atoms in total. The summed E-state index contributed by atoms with van der Waals surface area (Å²) in [6.07, 6.45) is 1.31. The zero-order valence-corrected chi connectivity index (χ0v) is 16.9. The van der Waals surface area contributed by atoms with Gasteiger partial charge in [0.25, 0.3) is 0 Å². The molecule has 2 aromatic carbocycles. The molecule has 154 valence electrons. The fourth-order valence-electron chi connectivity index (χ4n) is 4.38. The quantitative estimate of drug-likeness (QED) is 0.591. The van der Waals surface area contributed by atoms with Gasteiger partial charge in [-0.1, -0.05) is 24.3 Å². The molecule has 1 saturated heterocycles. The first-order chi connectivity index (χ1) is 14.1. The van der Waals surface area contributed by atoms with E-state index in [0.29, 0.717) is 24.0 Å². The lowest BCUT2D eigenvalue weighted by Gasteiger charge is -2.33. The van der Waals surface area contributed by atoms with E-state index in [4.69, 9.17) is 9.47 Å². The van der Waals surface area contributed by atoms with E-state index in [0.717, 1.165) is 48.0 Å². The molecule has 1 unspecified atom stereocenters. The van der Waals surface area contributed by atoms with Crippen molar-refractivity contribution in [1.82, 2.24) is 9.88 Å². The fourth-order valence-corrected chi connectivity index (χ4v) is 4.38. The molecule has 1 aliphatic rings. The number of hydrogen-bond donors (Lipinski definition) is 3. The number of rotatable bonds is 6. The molecule has 1 fully saturated rings. The third-order valence-electron chi connectivity index (χ3n) is 5.94. The summed E-state index contributed by atoms with van der Waals surface area (Å²) in [4.78, 5) is 5.37. The molecule has 2 heterocycles. The maximum atomic E-state index is 10.7. The fraction of sp³-hybridized carbons (Fsp3) is 0.391. The van der Waals surface area contributed by atoms with Crippen LogP contribution in [0.3, 0.4) is 0 Å². The normalized spacial score (nSPS) is 16.8. The summed E-state index contributed by atoms with van der Waals surface area (Å²) in [5, 5.41) is 22.2. The number of aromatic nitrogens is 1. The predicted molar refractivity (Wildman–Crippen MR) is 113 cm³/mol. The average Bonchev–Trinajstić information content (AvgIpc) is 3.09. The minimum absolute atomic E-state index is 0.287. The summed E-state index contributed by atoms with van der Waals surface area (Å²) < 4.78 is 10.6. The van der Waals surface area contributed by atoms with Gasteiger partial charge in [0, 0.05) is 23.0 Å². The van der Waals surface area contributed by atoms with E-state index in [2.05, 4.69) is 16.0 Å². The molecule has 3 N–H and O–H groups in total. The van der Waals surface area contributed by atoms with Crippen LogP contribution < -0.4 is 9.47 Å². The first-order valence-electron chi connectivity index (χ1n) is 10.0. The maximum absolute atomic E-state index is 10.7. The first-order valence-corrected chi connectivity index (χ1v) is 10.0. The largest absolute Gasteiger partial charge is 0.494 e. The van der Waals surface area contributed by atoms with Crippen LogP contribution in [0.2, 0.25) is 0 Å². The molecule has 6 heteroatoms. The average molecular weight is 396 g/mol. The number of methoxy groups -OCH3 is 2. The number of benzene rings is 2. The number of hydrogen-bond acceptors (Lipinski definition) is 5. The third kappa shape index (κ3) is 3.91. The Bertz CT molecular complexity index is 976. The van der Waals surface area contributed by atoms with Gasteiger partial charge in [0.2, 0.25) is 0 Å². The number of β-amino-alcohol motifs (C(OH)–C–C–N with tert-alkyl or cyclic N) is 1. The number of nitrogens with one attached hydrogen (secondary N) is 1. The van der Waals surface area contributed by atoms with Crippen LogP contribution in [0.5, 0.6) is 17.4 Å². The number of fused-ring (bicyclic) bond motifs is 1. The number of likely N-dealkylation sites (tertiary alicyclic amines) is 1. The zero-order valence-electron chi connectivity index (χ0n) is 16.9. The number of nitrogens with zero attached hydrogens (tertiary/aromatic N) is 1. The van der Waals surface area contributed by atoms with E-state index in [1.165, 1.54) is 0 Å². The number of aliphatic hydroxyl groups excluding tert-OH is 1. The highest BCUT2D eigenvalue weighted by Gasteiger charge is 2.27.